The van der Waals surface area contributed by atoms with Gasteiger partial charge in [0, 0.05) is 0 Å². The molecular formula is C15H14O. The first-order valence-corrected chi connectivity index (χ1v) is 5.68. The molecule has 2 atom stereocenters. The van der Waals surface area contributed by atoms with Crippen molar-refractivity contribution in [3.8, 4) is 5.75 Å². The second kappa shape index (κ2) is 3.67. The van der Waals surface area contributed by atoms with Gasteiger partial charge in [0.05, 0.1) is 0 Å². The number of hydrogen-bond acceptors (Lipinski definition) is 1. The van der Waals surface area contributed by atoms with Gasteiger partial charge in [0.1, 0.15) is 5.75 Å². The van der Waals surface area contributed by atoms with E-state index in [4.69, 9.17) is 0 Å². The van der Waals surface area contributed by atoms with Gasteiger partial charge < -0.3 is 5.11 Å². The highest BCUT2D eigenvalue weighted by molar-refractivity contribution is 5.39. The lowest BCUT2D eigenvalue weighted by Gasteiger charge is -2.01. The van der Waals surface area contributed by atoms with E-state index in [0.717, 1.165) is 0 Å². The monoisotopic (exact) mass is 210 g/mol. The molecule has 0 aromatic heterocycles. The van der Waals surface area contributed by atoms with Crippen molar-refractivity contribution in [3.63, 3.8) is 0 Å². The van der Waals surface area contributed by atoms with Crippen LogP contribution in [0.2, 0.25) is 0 Å². The molecule has 0 radical (unpaired) electrons. The van der Waals surface area contributed by atoms with Crippen LogP contribution < -0.4 is 0 Å². The van der Waals surface area contributed by atoms with E-state index in [1.165, 1.54) is 17.5 Å². The van der Waals surface area contributed by atoms with E-state index in [-0.39, 0.29) is 0 Å². The van der Waals surface area contributed by atoms with Gasteiger partial charge in [-0.25, -0.2) is 0 Å². The summed E-state index contributed by atoms with van der Waals surface area (Å²) in [5.41, 5.74) is 2.67. The summed E-state index contributed by atoms with van der Waals surface area (Å²) in [6.45, 7) is 0. The minimum Gasteiger partial charge on any atom is -0.508 e. The van der Waals surface area contributed by atoms with E-state index in [0.29, 0.717) is 17.6 Å². The zero-order chi connectivity index (χ0) is 11.0. The van der Waals surface area contributed by atoms with E-state index in [1.54, 1.807) is 6.07 Å². The van der Waals surface area contributed by atoms with E-state index in [1.807, 2.05) is 12.1 Å². The molecular weight excluding hydrogens is 196 g/mol. The number of benzene rings is 2. The van der Waals surface area contributed by atoms with Crippen LogP contribution in [0.25, 0.3) is 0 Å². The van der Waals surface area contributed by atoms with E-state index in [9.17, 15) is 5.11 Å². The van der Waals surface area contributed by atoms with Crippen molar-refractivity contribution in [2.24, 2.45) is 0 Å². The molecule has 3 rings (SSSR count). The van der Waals surface area contributed by atoms with Crippen LogP contribution in [0.5, 0.6) is 5.75 Å². The van der Waals surface area contributed by atoms with Crippen LogP contribution in [0.4, 0.5) is 0 Å². The Balaban J connectivity index is 1.82. The van der Waals surface area contributed by atoms with Gasteiger partial charge in [-0.05, 0) is 41.5 Å². The third-order valence-electron chi connectivity index (χ3n) is 3.32. The summed E-state index contributed by atoms with van der Waals surface area (Å²) in [5, 5.41) is 9.45. The molecule has 0 spiro atoms. The molecule has 2 aromatic rings. The van der Waals surface area contributed by atoms with Crippen molar-refractivity contribution in [1.82, 2.24) is 0 Å². The maximum Gasteiger partial charge on any atom is 0.115 e. The smallest absolute Gasteiger partial charge is 0.115 e. The molecule has 1 heteroatoms. The molecule has 16 heavy (non-hydrogen) atoms. The molecule has 0 unspecified atom stereocenters. The quantitative estimate of drug-likeness (QED) is 0.802. The molecule has 1 saturated carbocycles. The van der Waals surface area contributed by atoms with E-state index >= 15 is 0 Å². The SMILES string of the molecule is Oc1cccc([C@@H]2C[C@@H]2c2ccccc2)c1. The van der Waals surface area contributed by atoms with Crippen molar-refractivity contribution in [3.05, 3.63) is 65.7 Å². The normalized spacial score (nSPS) is 23.0. The zero-order valence-electron chi connectivity index (χ0n) is 9.01. The Labute approximate surface area is 95.4 Å². The molecule has 0 aliphatic heterocycles. The van der Waals surface area contributed by atoms with Crippen LogP contribution in [0.15, 0.2) is 54.6 Å². The first kappa shape index (κ1) is 9.46. The summed E-state index contributed by atoms with van der Waals surface area (Å²) in [7, 11) is 0. The second-order valence-electron chi connectivity index (χ2n) is 4.45. The Morgan fingerprint density at radius 1 is 0.812 bits per heavy atom. The van der Waals surface area contributed by atoms with Crippen molar-refractivity contribution in [2.45, 2.75) is 18.3 Å². The first-order chi connectivity index (χ1) is 7.84. The highest BCUT2D eigenvalue weighted by Gasteiger charge is 2.39. The molecule has 0 heterocycles. The van der Waals surface area contributed by atoms with Gasteiger partial charge in [-0.2, -0.15) is 0 Å². The summed E-state index contributed by atoms with van der Waals surface area (Å²) in [4.78, 5) is 0. The summed E-state index contributed by atoms with van der Waals surface area (Å²) >= 11 is 0. The summed E-state index contributed by atoms with van der Waals surface area (Å²) in [6, 6.07) is 18.2. The molecule has 2 aromatic carbocycles. The van der Waals surface area contributed by atoms with Crippen LogP contribution >= 0.6 is 0 Å². The maximum absolute atomic E-state index is 9.45. The molecule has 1 aliphatic rings. The highest BCUT2D eigenvalue weighted by Crippen LogP contribution is 2.54. The Morgan fingerprint density at radius 2 is 1.50 bits per heavy atom. The predicted octanol–water partition coefficient (Wildman–Crippen LogP) is 3.66. The summed E-state index contributed by atoms with van der Waals surface area (Å²) < 4.78 is 0. The summed E-state index contributed by atoms with van der Waals surface area (Å²) in [6.07, 6.45) is 1.20. The third kappa shape index (κ3) is 1.69. The topological polar surface area (TPSA) is 20.2 Å². The highest BCUT2D eigenvalue weighted by atomic mass is 16.3. The third-order valence-corrected chi connectivity index (χ3v) is 3.32. The molecule has 1 fully saturated rings. The predicted molar refractivity (Wildman–Crippen MR) is 64.6 cm³/mol. The van der Waals surface area contributed by atoms with Crippen LogP contribution in [-0.4, -0.2) is 5.11 Å². The van der Waals surface area contributed by atoms with Crippen molar-refractivity contribution in [2.75, 3.05) is 0 Å². The van der Waals surface area contributed by atoms with Gasteiger partial charge in [0.15, 0.2) is 0 Å². The standard InChI is InChI=1S/C15H14O/c16-13-8-4-7-12(9-13)15-10-14(15)11-5-2-1-3-6-11/h1-9,14-16H,10H2/t14-,15+/m1/s1. The van der Waals surface area contributed by atoms with Gasteiger partial charge >= 0.3 is 0 Å². The lowest BCUT2D eigenvalue weighted by Crippen LogP contribution is -1.83. The molecule has 0 amide bonds. The van der Waals surface area contributed by atoms with Gasteiger partial charge in [0.2, 0.25) is 0 Å². The Kier molecular flexibility index (Phi) is 2.17. The van der Waals surface area contributed by atoms with Gasteiger partial charge in [-0.15, -0.1) is 0 Å². The number of rotatable bonds is 2. The molecule has 1 N–H and O–H groups in total. The first-order valence-electron chi connectivity index (χ1n) is 5.68. The number of hydrogen-bond donors (Lipinski definition) is 1. The fourth-order valence-electron chi connectivity index (χ4n) is 2.39. The molecule has 0 saturated heterocycles. The lowest BCUT2D eigenvalue weighted by molar-refractivity contribution is 0.474. The summed E-state index contributed by atoms with van der Waals surface area (Å²) in [5.74, 6) is 1.61. The Hall–Kier alpha value is -1.76. The fraction of sp³-hybridized carbons (Fsp3) is 0.200. The van der Waals surface area contributed by atoms with Crippen LogP contribution in [-0.2, 0) is 0 Å². The average Bonchev–Trinajstić information content (AvgIpc) is 3.10. The Morgan fingerprint density at radius 3 is 2.25 bits per heavy atom. The van der Waals surface area contributed by atoms with E-state index < -0.39 is 0 Å². The molecule has 1 nitrogen and oxygen atoms in total. The van der Waals surface area contributed by atoms with Crippen LogP contribution in [0, 0.1) is 0 Å². The minimum absolute atomic E-state index is 0.371. The van der Waals surface area contributed by atoms with Crippen LogP contribution in [0.3, 0.4) is 0 Å². The fourth-order valence-corrected chi connectivity index (χ4v) is 2.39. The Bertz CT molecular complexity index is 490. The van der Waals surface area contributed by atoms with Gasteiger partial charge in [0.25, 0.3) is 0 Å². The minimum atomic E-state index is 0.371. The van der Waals surface area contributed by atoms with E-state index in [2.05, 4.69) is 36.4 Å². The van der Waals surface area contributed by atoms with Crippen LogP contribution in [0.1, 0.15) is 29.4 Å². The number of phenolic OH excluding ortho intramolecular Hbond substituents is 1. The lowest BCUT2D eigenvalue weighted by atomic mass is 10.0. The van der Waals surface area contributed by atoms with Gasteiger partial charge in [-0.1, -0.05) is 42.5 Å². The molecule has 0 bridgehead atoms. The zero-order valence-corrected chi connectivity index (χ0v) is 9.01. The second-order valence-corrected chi connectivity index (χ2v) is 4.45. The van der Waals surface area contributed by atoms with Crippen molar-refractivity contribution < 1.29 is 5.11 Å². The number of phenols is 1. The van der Waals surface area contributed by atoms with Crippen molar-refractivity contribution >= 4 is 0 Å². The molecule has 80 valence electrons. The molecule has 1 aliphatic carbocycles. The average molecular weight is 210 g/mol. The maximum atomic E-state index is 9.45. The van der Waals surface area contributed by atoms with Gasteiger partial charge in [-0.3, -0.25) is 0 Å². The largest absolute Gasteiger partial charge is 0.508 e. The van der Waals surface area contributed by atoms with Crippen molar-refractivity contribution in [1.29, 1.82) is 0 Å². The number of aromatic hydroxyl groups is 1.